The Morgan fingerprint density at radius 2 is 1.94 bits per heavy atom. The van der Waals surface area contributed by atoms with Gasteiger partial charge in [-0.3, -0.25) is 9.59 Å². The Balaban J connectivity index is 2.58. The molecule has 0 saturated heterocycles. The molecule has 0 aliphatic heterocycles. The van der Waals surface area contributed by atoms with E-state index in [1.807, 2.05) is 0 Å². The van der Waals surface area contributed by atoms with Crippen molar-refractivity contribution in [1.29, 1.82) is 0 Å². The second kappa shape index (κ2) is 6.48. The molecule has 6 heteroatoms. The number of phenols is 1. The molecule has 18 heavy (non-hydrogen) atoms. The molecule has 0 atom stereocenters. The van der Waals surface area contributed by atoms with Gasteiger partial charge in [0.1, 0.15) is 11.5 Å². The minimum absolute atomic E-state index is 0.118. The molecule has 3 N–H and O–H groups in total. The molecule has 1 rings (SSSR count). The molecule has 1 aromatic carbocycles. The molecule has 0 radical (unpaired) electrons. The van der Waals surface area contributed by atoms with Crippen LogP contribution in [-0.4, -0.2) is 37.1 Å². The van der Waals surface area contributed by atoms with Gasteiger partial charge < -0.3 is 20.5 Å². The number of carbonyl (C=O) groups excluding carboxylic acids is 2. The third kappa shape index (κ3) is 3.97. The molecule has 0 bridgehead atoms. The summed E-state index contributed by atoms with van der Waals surface area (Å²) < 4.78 is 4.97. The van der Waals surface area contributed by atoms with Crippen LogP contribution < -0.4 is 15.4 Å². The van der Waals surface area contributed by atoms with Crippen molar-refractivity contribution in [2.75, 3.05) is 20.2 Å². The average molecular weight is 252 g/mol. The number of nitrogens with one attached hydrogen (secondary N) is 2. The molecule has 6 nitrogen and oxygen atoms in total. The fraction of sp³-hybridized carbons (Fsp3) is 0.333. The van der Waals surface area contributed by atoms with Crippen molar-refractivity contribution < 1.29 is 19.4 Å². The minimum Gasteiger partial charge on any atom is -0.507 e. The van der Waals surface area contributed by atoms with Gasteiger partial charge in [-0.1, -0.05) is 0 Å². The molecule has 0 aliphatic carbocycles. The summed E-state index contributed by atoms with van der Waals surface area (Å²) in [6.45, 7) is 2.02. The van der Waals surface area contributed by atoms with Crippen LogP contribution >= 0.6 is 0 Å². The summed E-state index contributed by atoms with van der Waals surface area (Å²) >= 11 is 0. The number of benzene rings is 1. The van der Waals surface area contributed by atoms with E-state index in [4.69, 9.17) is 4.74 Å². The second-order valence-corrected chi connectivity index (χ2v) is 3.62. The Labute approximate surface area is 105 Å². The van der Waals surface area contributed by atoms with Crippen molar-refractivity contribution in [3.8, 4) is 11.5 Å². The van der Waals surface area contributed by atoms with Crippen molar-refractivity contribution >= 4 is 11.8 Å². The zero-order valence-corrected chi connectivity index (χ0v) is 10.3. The summed E-state index contributed by atoms with van der Waals surface area (Å²) in [6.07, 6.45) is 0. The van der Waals surface area contributed by atoms with E-state index in [0.717, 1.165) is 0 Å². The van der Waals surface area contributed by atoms with Crippen molar-refractivity contribution in [1.82, 2.24) is 10.6 Å². The highest BCUT2D eigenvalue weighted by molar-refractivity contribution is 5.97. The lowest BCUT2D eigenvalue weighted by molar-refractivity contribution is -0.118. The molecule has 0 spiro atoms. The summed E-state index contributed by atoms with van der Waals surface area (Å²) in [5.41, 5.74) is 0.136. The maximum Gasteiger partial charge on any atom is 0.255 e. The first-order chi connectivity index (χ1) is 8.54. The fourth-order valence-corrected chi connectivity index (χ4v) is 1.33. The zero-order valence-electron chi connectivity index (χ0n) is 10.3. The Bertz CT molecular complexity index is 446. The van der Waals surface area contributed by atoms with Crippen LogP contribution in [0.25, 0.3) is 0 Å². The smallest absolute Gasteiger partial charge is 0.255 e. The second-order valence-electron chi connectivity index (χ2n) is 3.62. The third-order valence-corrected chi connectivity index (χ3v) is 2.23. The highest BCUT2D eigenvalue weighted by atomic mass is 16.5. The SMILES string of the molecule is COc1ccc(O)c(C(=O)NCCNC(C)=O)c1. The molecule has 2 amide bonds. The molecule has 0 aromatic heterocycles. The van der Waals surface area contributed by atoms with Crippen LogP contribution in [0, 0.1) is 0 Å². The first-order valence-electron chi connectivity index (χ1n) is 5.44. The topological polar surface area (TPSA) is 87.7 Å². The highest BCUT2D eigenvalue weighted by Gasteiger charge is 2.11. The lowest BCUT2D eigenvalue weighted by atomic mass is 10.1. The Morgan fingerprint density at radius 3 is 2.56 bits per heavy atom. The summed E-state index contributed by atoms with van der Waals surface area (Å²) in [7, 11) is 1.48. The van der Waals surface area contributed by atoms with Gasteiger partial charge in [-0.25, -0.2) is 0 Å². The molecule has 0 fully saturated rings. The number of rotatable bonds is 5. The summed E-state index contributed by atoms with van der Waals surface area (Å²) in [4.78, 5) is 22.4. The molecule has 0 aliphatic rings. The molecule has 0 saturated carbocycles. The Kier molecular flexibility index (Phi) is 4.98. The maximum atomic E-state index is 11.7. The Morgan fingerprint density at radius 1 is 1.28 bits per heavy atom. The van der Waals surface area contributed by atoms with Crippen LogP contribution in [0.2, 0.25) is 0 Å². The quantitative estimate of drug-likeness (QED) is 0.656. The average Bonchev–Trinajstić information content (AvgIpc) is 2.34. The van der Waals surface area contributed by atoms with E-state index in [2.05, 4.69) is 10.6 Å². The van der Waals surface area contributed by atoms with Crippen LogP contribution in [0.5, 0.6) is 11.5 Å². The van der Waals surface area contributed by atoms with Gasteiger partial charge >= 0.3 is 0 Å². The van der Waals surface area contributed by atoms with Gasteiger partial charge in [-0.05, 0) is 18.2 Å². The van der Waals surface area contributed by atoms with Crippen molar-refractivity contribution in [3.63, 3.8) is 0 Å². The van der Waals surface area contributed by atoms with E-state index in [-0.39, 0.29) is 23.8 Å². The maximum absolute atomic E-state index is 11.7. The van der Waals surface area contributed by atoms with E-state index in [0.29, 0.717) is 12.3 Å². The molecule has 1 aromatic rings. The summed E-state index contributed by atoms with van der Waals surface area (Å²) in [5, 5.41) is 14.7. The third-order valence-electron chi connectivity index (χ3n) is 2.23. The predicted molar refractivity (Wildman–Crippen MR) is 65.7 cm³/mol. The lowest BCUT2D eigenvalue weighted by Gasteiger charge is -2.08. The standard InChI is InChI=1S/C12H16N2O4/c1-8(15)13-5-6-14-12(17)10-7-9(18-2)3-4-11(10)16/h3-4,7,16H,5-6H2,1-2H3,(H,13,15)(H,14,17). The van der Waals surface area contributed by atoms with Crippen LogP contribution in [0.4, 0.5) is 0 Å². The number of hydrogen-bond acceptors (Lipinski definition) is 4. The van der Waals surface area contributed by atoms with Gasteiger partial charge in [0, 0.05) is 20.0 Å². The Hall–Kier alpha value is -2.24. The van der Waals surface area contributed by atoms with Gasteiger partial charge in [-0.2, -0.15) is 0 Å². The van der Waals surface area contributed by atoms with Gasteiger partial charge in [-0.15, -0.1) is 0 Å². The minimum atomic E-state index is -0.420. The first-order valence-corrected chi connectivity index (χ1v) is 5.44. The van der Waals surface area contributed by atoms with E-state index < -0.39 is 5.91 Å². The molecular weight excluding hydrogens is 236 g/mol. The van der Waals surface area contributed by atoms with Crippen LogP contribution in [0.15, 0.2) is 18.2 Å². The van der Waals surface area contributed by atoms with Crippen LogP contribution in [0.1, 0.15) is 17.3 Å². The van der Waals surface area contributed by atoms with Crippen molar-refractivity contribution in [2.24, 2.45) is 0 Å². The van der Waals surface area contributed by atoms with E-state index in [9.17, 15) is 14.7 Å². The number of aromatic hydroxyl groups is 1. The largest absolute Gasteiger partial charge is 0.507 e. The molecular formula is C12H16N2O4. The predicted octanol–water partition coefficient (Wildman–Crippen LogP) is 0.267. The number of hydrogen-bond donors (Lipinski definition) is 3. The van der Waals surface area contributed by atoms with E-state index >= 15 is 0 Å². The van der Waals surface area contributed by atoms with E-state index in [1.54, 1.807) is 6.07 Å². The number of amides is 2. The van der Waals surface area contributed by atoms with Crippen molar-refractivity contribution in [2.45, 2.75) is 6.92 Å². The zero-order chi connectivity index (χ0) is 13.5. The molecule has 98 valence electrons. The number of methoxy groups -OCH3 is 1. The van der Waals surface area contributed by atoms with Gasteiger partial charge in [0.25, 0.3) is 5.91 Å². The van der Waals surface area contributed by atoms with Crippen LogP contribution in [-0.2, 0) is 4.79 Å². The number of carbonyl (C=O) groups is 2. The molecule has 0 heterocycles. The first kappa shape index (κ1) is 13.8. The number of ether oxygens (including phenoxy) is 1. The van der Waals surface area contributed by atoms with Gasteiger partial charge in [0.2, 0.25) is 5.91 Å². The van der Waals surface area contributed by atoms with Gasteiger partial charge in [0.05, 0.1) is 12.7 Å². The summed E-state index contributed by atoms with van der Waals surface area (Å²) in [6, 6.07) is 4.40. The summed E-state index contributed by atoms with van der Waals surface area (Å²) in [5.74, 6) is -0.210. The van der Waals surface area contributed by atoms with Gasteiger partial charge in [0.15, 0.2) is 0 Å². The normalized spacial score (nSPS) is 9.67. The number of phenolic OH excluding ortho intramolecular Hbond substituents is 1. The van der Waals surface area contributed by atoms with Crippen LogP contribution in [0.3, 0.4) is 0 Å². The van der Waals surface area contributed by atoms with E-state index in [1.165, 1.54) is 26.2 Å². The monoisotopic (exact) mass is 252 g/mol. The van der Waals surface area contributed by atoms with Crippen molar-refractivity contribution in [3.05, 3.63) is 23.8 Å². The highest BCUT2D eigenvalue weighted by Crippen LogP contribution is 2.22. The molecule has 0 unspecified atom stereocenters. The lowest BCUT2D eigenvalue weighted by Crippen LogP contribution is -2.33. The fourth-order valence-electron chi connectivity index (χ4n) is 1.33.